The summed E-state index contributed by atoms with van der Waals surface area (Å²) in [7, 11) is -1.78. The molecule has 0 saturated carbocycles. The molecule has 0 saturated heterocycles. The van der Waals surface area contributed by atoms with Crippen LogP contribution < -0.4 is 4.72 Å². The van der Waals surface area contributed by atoms with Crippen LogP contribution in [0.15, 0.2) is 5.11 Å². The zero-order chi connectivity index (χ0) is 8.74. The smallest absolute Gasteiger partial charge is 0.211 e. The lowest BCUT2D eigenvalue weighted by Gasteiger charge is -1.97. The Morgan fingerprint density at radius 2 is 2.27 bits per heavy atom. The van der Waals surface area contributed by atoms with E-state index in [0.29, 0.717) is 6.42 Å². The van der Waals surface area contributed by atoms with E-state index in [-0.39, 0.29) is 12.3 Å². The average molecular weight is 178 g/mol. The molecule has 0 aromatic carbocycles. The van der Waals surface area contributed by atoms with Gasteiger partial charge in [0, 0.05) is 11.5 Å². The predicted octanol–water partition coefficient (Wildman–Crippen LogP) is 0.236. The van der Waals surface area contributed by atoms with E-state index >= 15 is 0 Å². The zero-order valence-electron chi connectivity index (χ0n) is 6.19. The minimum Gasteiger partial charge on any atom is -0.218 e. The molecular weight excluding hydrogens is 168 g/mol. The van der Waals surface area contributed by atoms with E-state index in [9.17, 15) is 8.42 Å². The molecule has 0 spiro atoms. The van der Waals surface area contributed by atoms with Gasteiger partial charge in [0.05, 0.1) is 5.75 Å². The quantitative estimate of drug-likeness (QED) is 0.282. The normalized spacial score (nSPS) is 10.6. The maximum Gasteiger partial charge on any atom is 0.211 e. The third-order valence-corrected chi connectivity index (χ3v) is 2.49. The minimum atomic E-state index is -3.13. The summed E-state index contributed by atoms with van der Waals surface area (Å²) >= 11 is 0. The Hall–Kier alpha value is -0.780. The summed E-state index contributed by atoms with van der Waals surface area (Å²) in [5, 5.41) is 3.20. The lowest BCUT2D eigenvalue weighted by Crippen LogP contribution is -2.22. The Kier molecular flexibility index (Phi) is 4.60. The second-order valence-corrected chi connectivity index (χ2v) is 3.88. The van der Waals surface area contributed by atoms with E-state index < -0.39 is 10.0 Å². The lowest BCUT2D eigenvalue weighted by molar-refractivity contribution is 0.585. The molecule has 0 heterocycles. The number of nitrogens with one attached hydrogen (secondary N) is 1. The molecular formula is C4H10N4O2S. The van der Waals surface area contributed by atoms with Crippen LogP contribution in [-0.2, 0) is 10.0 Å². The van der Waals surface area contributed by atoms with Crippen LogP contribution in [0.1, 0.15) is 6.42 Å². The number of azide groups is 1. The average Bonchev–Trinajstić information content (AvgIpc) is 1.99. The monoisotopic (exact) mass is 178 g/mol. The van der Waals surface area contributed by atoms with Crippen molar-refractivity contribution in [1.29, 1.82) is 0 Å². The molecule has 11 heavy (non-hydrogen) atoms. The molecule has 0 aliphatic carbocycles. The van der Waals surface area contributed by atoms with Gasteiger partial charge in [-0.1, -0.05) is 5.11 Å². The van der Waals surface area contributed by atoms with Crippen LogP contribution in [-0.4, -0.2) is 27.8 Å². The van der Waals surface area contributed by atoms with Crippen molar-refractivity contribution in [3.8, 4) is 0 Å². The Labute approximate surface area is 65.3 Å². The number of hydrogen-bond acceptors (Lipinski definition) is 3. The highest BCUT2D eigenvalue weighted by Gasteiger charge is 2.04. The number of hydrogen-bond donors (Lipinski definition) is 1. The van der Waals surface area contributed by atoms with Crippen LogP contribution in [0.2, 0.25) is 0 Å². The molecule has 7 heteroatoms. The molecule has 6 nitrogen and oxygen atoms in total. The highest BCUT2D eigenvalue weighted by atomic mass is 32.2. The third-order valence-electron chi connectivity index (χ3n) is 1.05. The first kappa shape index (κ1) is 10.2. The Morgan fingerprint density at radius 3 is 2.73 bits per heavy atom. The van der Waals surface area contributed by atoms with Crippen LogP contribution in [0.25, 0.3) is 10.4 Å². The van der Waals surface area contributed by atoms with E-state index in [1.54, 1.807) is 0 Å². The van der Waals surface area contributed by atoms with Crippen molar-refractivity contribution in [2.24, 2.45) is 5.11 Å². The maximum atomic E-state index is 10.7. The van der Waals surface area contributed by atoms with Crippen LogP contribution in [0.3, 0.4) is 0 Å². The van der Waals surface area contributed by atoms with Gasteiger partial charge in [-0.05, 0) is 19.0 Å². The van der Waals surface area contributed by atoms with Crippen molar-refractivity contribution in [1.82, 2.24) is 4.72 Å². The van der Waals surface area contributed by atoms with Gasteiger partial charge in [-0.25, -0.2) is 13.1 Å². The summed E-state index contributed by atoms with van der Waals surface area (Å²) in [5.41, 5.74) is 7.85. The van der Waals surface area contributed by atoms with E-state index in [0.717, 1.165) is 0 Å². The fourth-order valence-corrected chi connectivity index (χ4v) is 1.19. The second kappa shape index (κ2) is 4.95. The summed E-state index contributed by atoms with van der Waals surface area (Å²) in [5.74, 6) is 0.00250. The first-order chi connectivity index (χ1) is 5.12. The van der Waals surface area contributed by atoms with Gasteiger partial charge in [-0.3, -0.25) is 0 Å². The molecule has 1 N–H and O–H groups in total. The molecule has 0 aromatic heterocycles. The molecule has 0 bridgehead atoms. The number of sulfonamides is 1. The predicted molar refractivity (Wildman–Crippen MR) is 41.5 cm³/mol. The molecule has 64 valence electrons. The Balaban J connectivity index is 3.63. The van der Waals surface area contributed by atoms with Gasteiger partial charge in [0.2, 0.25) is 10.0 Å². The Bertz CT molecular complexity index is 241. The van der Waals surface area contributed by atoms with E-state index in [1.807, 2.05) is 0 Å². The molecule has 0 amide bonds. The standard InChI is InChI=1S/C4H10N4O2S/c1-6-11(9,10)4-2-3-7-8-5/h6H,2-4H2,1H3. The van der Waals surface area contributed by atoms with Crippen molar-refractivity contribution in [3.05, 3.63) is 10.4 Å². The van der Waals surface area contributed by atoms with E-state index in [4.69, 9.17) is 5.53 Å². The first-order valence-electron chi connectivity index (χ1n) is 3.04. The Morgan fingerprint density at radius 1 is 1.64 bits per heavy atom. The van der Waals surface area contributed by atoms with Gasteiger partial charge in [0.15, 0.2) is 0 Å². The minimum absolute atomic E-state index is 0.00250. The molecule has 0 atom stereocenters. The molecule has 0 aliphatic heterocycles. The summed E-state index contributed by atoms with van der Waals surface area (Å²) in [6.45, 7) is 0.220. The third kappa shape index (κ3) is 5.65. The molecule has 0 aliphatic rings. The van der Waals surface area contributed by atoms with Crippen LogP contribution in [0, 0.1) is 0 Å². The molecule has 0 radical (unpaired) electrons. The lowest BCUT2D eigenvalue weighted by atomic mass is 10.5. The number of rotatable bonds is 5. The largest absolute Gasteiger partial charge is 0.218 e. The summed E-state index contributed by atoms with van der Waals surface area (Å²) in [6, 6.07) is 0. The SMILES string of the molecule is CNS(=O)(=O)CCCN=[N+]=[N-]. The molecule has 0 rings (SSSR count). The van der Waals surface area contributed by atoms with Crippen molar-refractivity contribution in [2.75, 3.05) is 19.3 Å². The van der Waals surface area contributed by atoms with Crippen molar-refractivity contribution < 1.29 is 8.42 Å². The van der Waals surface area contributed by atoms with Crippen LogP contribution in [0.4, 0.5) is 0 Å². The van der Waals surface area contributed by atoms with Crippen LogP contribution in [0.5, 0.6) is 0 Å². The second-order valence-electron chi connectivity index (χ2n) is 1.83. The molecule has 0 aromatic rings. The van der Waals surface area contributed by atoms with Crippen molar-refractivity contribution in [3.63, 3.8) is 0 Å². The topological polar surface area (TPSA) is 94.9 Å². The van der Waals surface area contributed by atoms with Gasteiger partial charge in [0.25, 0.3) is 0 Å². The van der Waals surface area contributed by atoms with E-state index in [1.165, 1.54) is 7.05 Å². The van der Waals surface area contributed by atoms with Crippen LogP contribution >= 0.6 is 0 Å². The van der Waals surface area contributed by atoms with Crippen molar-refractivity contribution in [2.45, 2.75) is 6.42 Å². The van der Waals surface area contributed by atoms with Gasteiger partial charge in [0.1, 0.15) is 0 Å². The molecule has 0 unspecified atom stereocenters. The zero-order valence-corrected chi connectivity index (χ0v) is 7.00. The van der Waals surface area contributed by atoms with Gasteiger partial charge >= 0.3 is 0 Å². The molecule has 0 fully saturated rings. The number of nitrogens with zero attached hydrogens (tertiary/aromatic N) is 3. The summed E-state index contributed by atoms with van der Waals surface area (Å²) < 4.78 is 23.6. The van der Waals surface area contributed by atoms with Gasteiger partial charge in [-0.15, -0.1) is 0 Å². The maximum absolute atomic E-state index is 10.7. The fourth-order valence-electron chi connectivity index (χ4n) is 0.472. The van der Waals surface area contributed by atoms with Gasteiger partial charge in [-0.2, -0.15) is 0 Å². The first-order valence-corrected chi connectivity index (χ1v) is 4.69. The fraction of sp³-hybridized carbons (Fsp3) is 1.00. The highest BCUT2D eigenvalue weighted by molar-refractivity contribution is 7.89. The van der Waals surface area contributed by atoms with Crippen molar-refractivity contribution >= 4 is 10.0 Å². The summed E-state index contributed by atoms with van der Waals surface area (Å²) in [4.78, 5) is 2.49. The van der Waals surface area contributed by atoms with E-state index in [2.05, 4.69) is 14.7 Å². The highest BCUT2D eigenvalue weighted by Crippen LogP contribution is 1.88. The van der Waals surface area contributed by atoms with Gasteiger partial charge < -0.3 is 0 Å². The summed E-state index contributed by atoms with van der Waals surface area (Å²) in [6.07, 6.45) is 0.354.